The number of fused-ring (bicyclic) bond motifs is 1. The predicted molar refractivity (Wildman–Crippen MR) is 73.6 cm³/mol. The first-order valence-electron chi connectivity index (χ1n) is 6.15. The lowest BCUT2D eigenvalue weighted by Crippen LogP contribution is -2.24. The molecule has 0 saturated heterocycles. The third-order valence-electron chi connectivity index (χ3n) is 3.78. The minimum absolute atomic E-state index is 0.500. The molecule has 88 valence electrons. The summed E-state index contributed by atoms with van der Waals surface area (Å²) in [7, 11) is 2.06. The smallest absolute Gasteiger partial charge is 0.0331 e. The molecule has 1 heterocycles. The van der Waals surface area contributed by atoms with Gasteiger partial charge in [-0.05, 0) is 59.3 Å². The maximum Gasteiger partial charge on any atom is 0.0331 e. The molecule has 1 nitrogen and oxygen atoms in total. The highest BCUT2D eigenvalue weighted by Gasteiger charge is 2.28. The highest BCUT2D eigenvalue weighted by atomic mass is 32.1. The van der Waals surface area contributed by atoms with E-state index in [2.05, 4.69) is 53.5 Å². The largest absolute Gasteiger partial charge is 0.313 e. The number of benzene rings is 1. The minimum atomic E-state index is 0.500. The molecule has 0 amide bonds. The fourth-order valence-corrected chi connectivity index (χ4v) is 3.47. The average molecular weight is 243 g/mol. The van der Waals surface area contributed by atoms with E-state index in [1.807, 2.05) is 0 Å². The van der Waals surface area contributed by atoms with Crippen LogP contribution in [0.25, 0.3) is 0 Å². The van der Waals surface area contributed by atoms with E-state index in [0.29, 0.717) is 6.04 Å². The molecule has 0 fully saturated rings. The van der Waals surface area contributed by atoms with Gasteiger partial charge in [-0.25, -0.2) is 0 Å². The van der Waals surface area contributed by atoms with Crippen molar-refractivity contribution in [3.8, 4) is 0 Å². The maximum atomic E-state index is 3.44. The van der Waals surface area contributed by atoms with Crippen LogP contribution in [0.2, 0.25) is 0 Å². The summed E-state index contributed by atoms with van der Waals surface area (Å²) in [5.41, 5.74) is 4.53. The molecule has 0 radical (unpaired) electrons. The van der Waals surface area contributed by atoms with Gasteiger partial charge in [-0.2, -0.15) is 11.3 Å². The summed E-state index contributed by atoms with van der Waals surface area (Å²) in [4.78, 5) is 0. The van der Waals surface area contributed by atoms with E-state index in [0.717, 1.165) is 5.92 Å². The highest BCUT2D eigenvalue weighted by Crippen LogP contribution is 2.40. The van der Waals surface area contributed by atoms with Gasteiger partial charge in [-0.15, -0.1) is 0 Å². The highest BCUT2D eigenvalue weighted by molar-refractivity contribution is 7.07. The van der Waals surface area contributed by atoms with E-state index in [9.17, 15) is 0 Å². The molecule has 2 unspecified atom stereocenters. The van der Waals surface area contributed by atoms with Crippen molar-refractivity contribution < 1.29 is 0 Å². The second-order valence-electron chi connectivity index (χ2n) is 4.73. The summed E-state index contributed by atoms with van der Waals surface area (Å²) in [5.74, 6) is 0.739. The number of nitrogens with one attached hydrogen (secondary N) is 1. The Balaban J connectivity index is 1.73. The SMILES string of the molecule is CNC(CC1Cc2ccccc21)c1ccsc1. The molecule has 0 aliphatic heterocycles. The summed E-state index contributed by atoms with van der Waals surface area (Å²) < 4.78 is 0. The second kappa shape index (κ2) is 4.63. The van der Waals surface area contributed by atoms with Gasteiger partial charge in [0.2, 0.25) is 0 Å². The van der Waals surface area contributed by atoms with Crippen molar-refractivity contribution in [2.75, 3.05) is 7.05 Å². The van der Waals surface area contributed by atoms with Gasteiger partial charge >= 0.3 is 0 Å². The van der Waals surface area contributed by atoms with E-state index in [-0.39, 0.29) is 0 Å². The Labute approximate surface area is 106 Å². The quantitative estimate of drug-likeness (QED) is 0.862. The summed E-state index contributed by atoms with van der Waals surface area (Å²) >= 11 is 1.78. The zero-order valence-electron chi connectivity index (χ0n) is 10.0. The van der Waals surface area contributed by atoms with Crippen LogP contribution in [0.5, 0.6) is 0 Å². The molecule has 0 spiro atoms. The summed E-state index contributed by atoms with van der Waals surface area (Å²) in [6.07, 6.45) is 2.46. The molecule has 3 rings (SSSR count). The van der Waals surface area contributed by atoms with Crippen LogP contribution in [0.3, 0.4) is 0 Å². The fourth-order valence-electron chi connectivity index (χ4n) is 2.75. The fraction of sp³-hybridized carbons (Fsp3) is 0.333. The van der Waals surface area contributed by atoms with Crippen molar-refractivity contribution in [3.05, 3.63) is 57.8 Å². The zero-order valence-corrected chi connectivity index (χ0v) is 10.8. The van der Waals surface area contributed by atoms with E-state index in [4.69, 9.17) is 0 Å². The Morgan fingerprint density at radius 1 is 1.35 bits per heavy atom. The van der Waals surface area contributed by atoms with Gasteiger partial charge in [0.05, 0.1) is 0 Å². The van der Waals surface area contributed by atoms with E-state index < -0.39 is 0 Å². The van der Waals surface area contributed by atoms with E-state index >= 15 is 0 Å². The number of hydrogen-bond donors (Lipinski definition) is 1. The normalized spacial score (nSPS) is 19.5. The van der Waals surface area contributed by atoms with Crippen molar-refractivity contribution >= 4 is 11.3 Å². The molecule has 1 aromatic carbocycles. The molecule has 1 N–H and O–H groups in total. The number of rotatable bonds is 4. The molecular formula is C15H17NS. The topological polar surface area (TPSA) is 12.0 Å². The van der Waals surface area contributed by atoms with Gasteiger partial charge < -0.3 is 5.32 Å². The van der Waals surface area contributed by atoms with Gasteiger partial charge in [-0.3, -0.25) is 0 Å². The first-order chi connectivity index (χ1) is 8.38. The molecule has 0 bridgehead atoms. The lowest BCUT2D eigenvalue weighted by Gasteiger charge is -2.32. The zero-order chi connectivity index (χ0) is 11.7. The van der Waals surface area contributed by atoms with E-state index in [1.54, 1.807) is 16.9 Å². The first kappa shape index (κ1) is 11.0. The maximum absolute atomic E-state index is 3.44. The standard InChI is InChI=1S/C15H17NS/c1-16-15(12-6-7-17-10-12)9-13-8-11-4-2-3-5-14(11)13/h2-7,10,13,15-16H,8-9H2,1H3. The van der Waals surface area contributed by atoms with E-state index in [1.165, 1.54) is 24.0 Å². The second-order valence-corrected chi connectivity index (χ2v) is 5.51. The van der Waals surface area contributed by atoms with Crippen LogP contribution in [-0.2, 0) is 6.42 Å². The van der Waals surface area contributed by atoms with Crippen LogP contribution in [0.1, 0.15) is 35.1 Å². The van der Waals surface area contributed by atoms with Gasteiger partial charge in [0.15, 0.2) is 0 Å². The molecule has 1 aliphatic rings. The predicted octanol–water partition coefficient (Wildman–Crippen LogP) is 3.74. The Hall–Kier alpha value is -1.12. The molecular weight excluding hydrogens is 226 g/mol. The Morgan fingerprint density at radius 3 is 2.94 bits per heavy atom. The third kappa shape index (κ3) is 2.03. The molecule has 0 saturated carbocycles. The van der Waals surface area contributed by atoms with Crippen molar-refractivity contribution in [2.24, 2.45) is 0 Å². The Kier molecular flexibility index (Phi) is 3.00. The van der Waals surface area contributed by atoms with Crippen molar-refractivity contribution in [2.45, 2.75) is 24.8 Å². The summed E-state index contributed by atoms with van der Waals surface area (Å²) in [6, 6.07) is 11.6. The van der Waals surface area contributed by atoms with Crippen LogP contribution >= 0.6 is 11.3 Å². The third-order valence-corrected chi connectivity index (χ3v) is 4.48. The monoisotopic (exact) mass is 243 g/mol. The molecule has 2 heteroatoms. The molecule has 1 aromatic heterocycles. The van der Waals surface area contributed by atoms with Crippen LogP contribution in [0.15, 0.2) is 41.1 Å². The van der Waals surface area contributed by atoms with Crippen molar-refractivity contribution in [3.63, 3.8) is 0 Å². The molecule has 1 aliphatic carbocycles. The molecule has 17 heavy (non-hydrogen) atoms. The summed E-state index contributed by atoms with van der Waals surface area (Å²) in [5, 5.41) is 7.86. The lowest BCUT2D eigenvalue weighted by molar-refractivity contribution is 0.453. The van der Waals surface area contributed by atoms with Crippen molar-refractivity contribution in [1.82, 2.24) is 5.32 Å². The average Bonchev–Trinajstić information content (AvgIpc) is 2.84. The Morgan fingerprint density at radius 2 is 2.24 bits per heavy atom. The number of hydrogen-bond acceptors (Lipinski definition) is 2. The van der Waals surface area contributed by atoms with Crippen LogP contribution in [0.4, 0.5) is 0 Å². The first-order valence-corrected chi connectivity index (χ1v) is 7.10. The number of thiophene rings is 1. The minimum Gasteiger partial charge on any atom is -0.313 e. The van der Waals surface area contributed by atoms with Gasteiger partial charge in [0.1, 0.15) is 0 Å². The summed E-state index contributed by atoms with van der Waals surface area (Å²) in [6.45, 7) is 0. The van der Waals surface area contributed by atoms with Crippen LogP contribution < -0.4 is 5.32 Å². The molecule has 2 atom stereocenters. The lowest BCUT2D eigenvalue weighted by atomic mass is 9.74. The molecule has 2 aromatic rings. The van der Waals surface area contributed by atoms with Gasteiger partial charge in [-0.1, -0.05) is 24.3 Å². The van der Waals surface area contributed by atoms with Crippen LogP contribution in [-0.4, -0.2) is 7.05 Å². The Bertz CT molecular complexity index is 489. The van der Waals surface area contributed by atoms with Crippen molar-refractivity contribution in [1.29, 1.82) is 0 Å². The van der Waals surface area contributed by atoms with Gasteiger partial charge in [0.25, 0.3) is 0 Å². The van der Waals surface area contributed by atoms with Crippen LogP contribution in [0, 0.1) is 0 Å². The van der Waals surface area contributed by atoms with Gasteiger partial charge in [0, 0.05) is 6.04 Å².